The molecule has 7 nitrogen and oxygen atoms in total. The smallest absolute Gasteiger partial charge is 0.338 e. The molecule has 170 valence electrons. The summed E-state index contributed by atoms with van der Waals surface area (Å²) < 4.78 is 6.07. The molecular weight excluding hydrogens is 488 g/mol. The number of carbonyl (C=O) groups is 4. The summed E-state index contributed by atoms with van der Waals surface area (Å²) in [5.41, 5.74) is 3.23. The van der Waals surface area contributed by atoms with Crippen molar-refractivity contribution in [2.24, 2.45) is 11.8 Å². The van der Waals surface area contributed by atoms with Gasteiger partial charge in [-0.2, -0.15) is 0 Å². The Balaban J connectivity index is 1.36. The van der Waals surface area contributed by atoms with Crippen LogP contribution in [0.2, 0.25) is 0 Å². The van der Waals surface area contributed by atoms with Gasteiger partial charge in [0.25, 0.3) is 5.91 Å². The molecule has 2 aliphatic rings. The second-order valence-electron chi connectivity index (χ2n) is 8.18. The lowest BCUT2D eigenvalue weighted by molar-refractivity contribution is -0.122. The first-order valence-corrected chi connectivity index (χ1v) is 11.4. The number of fused-ring (bicyclic) bond motifs is 1. The summed E-state index contributed by atoms with van der Waals surface area (Å²) in [6, 6.07) is 9.68. The quantitative estimate of drug-likeness (QED) is 0.367. The van der Waals surface area contributed by atoms with E-state index in [9.17, 15) is 19.2 Å². The van der Waals surface area contributed by atoms with Crippen molar-refractivity contribution in [2.75, 3.05) is 16.8 Å². The molecule has 0 bridgehead atoms. The van der Waals surface area contributed by atoms with E-state index in [0.717, 1.165) is 15.6 Å². The second kappa shape index (κ2) is 9.31. The van der Waals surface area contributed by atoms with E-state index in [2.05, 4.69) is 21.2 Å². The van der Waals surface area contributed by atoms with Crippen LogP contribution in [0.4, 0.5) is 11.4 Å². The largest absolute Gasteiger partial charge is 0.452 e. The molecule has 1 aliphatic carbocycles. The highest BCUT2D eigenvalue weighted by molar-refractivity contribution is 9.10. The number of ether oxygens (including phenoxy) is 1. The Morgan fingerprint density at radius 1 is 0.970 bits per heavy atom. The van der Waals surface area contributed by atoms with Gasteiger partial charge in [-0.3, -0.25) is 19.3 Å². The fourth-order valence-electron chi connectivity index (χ4n) is 4.13. The zero-order valence-corrected chi connectivity index (χ0v) is 19.8. The van der Waals surface area contributed by atoms with Crippen LogP contribution >= 0.6 is 15.9 Å². The van der Waals surface area contributed by atoms with Crippen LogP contribution in [0.5, 0.6) is 0 Å². The topological polar surface area (TPSA) is 92.8 Å². The maximum Gasteiger partial charge on any atom is 0.338 e. The first-order chi connectivity index (χ1) is 15.8. The van der Waals surface area contributed by atoms with Gasteiger partial charge in [0.05, 0.1) is 23.1 Å². The van der Waals surface area contributed by atoms with Crippen LogP contribution in [-0.2, 0) is 19.1 Å². The van der Waals surface area contributed by atoms with Crippen LogP contribution in [0.3, 0.4) is 0 Å². The van der Waals surface area contributed by atoms with Gasteiger partial charge in [-0.15, -0.1) is 0 Å². The molecule has 2 atom stereocenters. The van der Waals surface area contributed by atoms with Crippen LogP contribution in [0.15, 0.2) is 53.0 Å². The van der Waals surface area contributed by atoms with E-state index >= 15 is 0 Å². The van der Waals surface area contributed by atoms with Gasteiger partial charge in [0, 0.05) is 10.2 Å². The maximum absolute atomic E-state index is 12.7. The van der Waals surface area contributed by atoms with Crippen molar-refractivity contribution in [1.29, 1.82) is 0 Å². The minimum Gasteiger partial charge on any atom is -0.452 e. The summed E-state index contributed by atoms with van der Waals surface area (Å²) in [6.07, 6.45) is 5.00. The maximum atomic E-state index is 12.7. The molecule has 33 heavy (non-hydrogen) atoms. The number of allylic oxidation sites excluding steroid dienone is 2. The minimum absolute atomic E-state index is 0.209. The number of rotatable bonds is 5. The van der Waals surface area contributed by atoms with Gasteiger partial charge in [0.2, 0.25) is 11.8 Å². The lowest BCUT2D eigenvalue weighted by Crippen LogP contribution is -2.30. The molecular formula is C25H23BrN2O5. The third kappa shape index (κ3) is 4.48. The monoisotopic (exact) mass is 510 g/mol. The van der Waals surface area contributed by atoms with Crippen LogP contribution in [-0.4, -0.2) is 30.3 Å². The minimum atomic E-state index is -0.669. The molecule has 2 aromatic carbocycles. The molecule has 0 aromatic heterocycles. The number of nitrogens with one attached hydrogen (secondary N) is 1. The van der Waals surface area contributed by atoms with E-state index < -0.39 is 18.5 Å². The van der Waals surface area contributed by atoms with Crippen LogP contribution in [0.25, 0.3) is 0 Å². The molecule has 1 fully saturated rings. The Kier molecular flexibility index (Phi) is 6.47. The number of benzene rings is 2. The fraction of sp³-hybridized carbons (Fsp3) is 0.280. The second-order valence-corrected chi connectivity index (χ2v) is 9.04. The van der Waals surface area contributed by atoms with Gasteiger partial charge in [0.15, 0.2) is 6.61 Å². The van der Waals surface area contributed by atoms with Crippen molar-refractivity contribution in [1.82, 2.24) is 0 Å². The molecule has 0 saturated carbocycles. The number of carbonyl (C=O) groups excluding carboxylic acids is 4. The van der Waals surface area contributed by atoms with E-state index in [1.807, 2.05) is 32.1 Å². The third-order valence-electron chi connectivity index (χ3n) is 6.20. The normalized spacial score (nSPS) is 19.4. The third-order valence-corrected chi connectivity index (χ3v) is 7.06. The molecule has 1 heterocycles. The number of anilines is 2. The first kappa shape index (κ1) is 22.9. The van der Waals surface area contributed by atoms with Crippen molar-refractivity contribution >= 4 is 51.0 Å². The van der Waals surface area contributed by atoms with E-state index in [0.29, 0.717) is 24.2 Å². The molecule has 0 radical (unpaired) electrons. The standard InChI is InChI=1S/C25H23BrN2O5/c1-14-15(2)21(12-11-20(14)26)27-22(29)13-33-25(32)16-7-9-17(10-8-16)28-23(30)18-5-3-4-6-19(18)24(28)31/h3-4,7-12,18-19H,5-6,13H2,1-2H3,(H,27,29)/t18-,19-/m1/s1. The number of halogens is 1. The first-order valence-electron chi connectivity index (χ1n) is 10.6. The zero-order chi connectivity index (χ0) is 23.7. The Hall–Kier alpha value is -3.26. The average Bonchev–Trinajstić information content (AvgIpc) is 3.08. The van der Waals surface area contributed by atoms with Gasteiger partial charge in [-0.05, 0) is 74.2 Å². The Labute approximate surface area is 199 Å². The lowest BCUT2D eigenvalue weighted by atomic mass is 9.85. The van der Waals surface area contributed by atoms with E-state index in [4.69, 9.17) is 4.74 Å². The fourth-order valence-corrected chi connectivity index (χ4v) is 4.55. The molecule has 3 amide bonds. The highest BCUT2D eigenvalue weighted by Crippen LogP contribution is 2.37. The molecule has 8 heteroatoms. The number of imide groups is 1. The van der Waals surface area contributed by atoms with Crippen molar-refractivity contribution in [2.45, 2.75) is 26.7 Å². The Bertz CT molecular complexity index is 1150. The van der Waals surface area contributed by atoms with Crippen molar-refractivity contribution in [3.63, 3.8) is 0 Å². The van der Waals surface area contributed by atoms with Crippen LogP contribution in [0, 0.1) is 25.7 Å². The van der Waals surface area contributed by atoms with Gasteiger partial charge in [0.1, 0.15) is 0 Å². The SMILES string of the molecule is Cc1c(Br)ccc(NC(=O)COC(=O)c2ccc(N3C(=O)[C@@H]4CC=CC[C@H]4C3=O)cc2)c1C. The zero-order valence-electron chi connectivity index (χ0n) is 18.3. The molecule has 0 unspecified atom stereocenters. The Morgan fingerprint density at radius 3 is 2.18 bits per heavy atom. The molecule has 0 spiro atoms. The molecule has 4 rings (SSSR count). The lowest BCUT2D eigenvalue weighted by Gasteiger charge is -2.15. The number of nitrogens with zero attached hydrogens (tertiary/aromatic N) is 1. The van der Waals surface area contributed by atoms with Gasteiger partial charge in [-0.1, -0.05) is 28.1 Å². The van der Waals surface area contributed by atoms with Crippen molar-refractivity contribution < 1.29 is 23.9 Å². The van der Waals surface area contributed by atoms with E-state index in [-0.39, 0.29) is 29.2 Å². The van der Waals surface area contributed by atoms with Crippen molar-refractivity contribution in [3.05, 3.63) is 69.7 Å². The van der Waals surface area contributed by atoms with Gasteiger partial charge >= 0.3 is 5.97 Å². The highest BCUT2D eigenvalue weighted by atomic mass is 79.9. The Morgan fingerprint density at radius 2 is 1.58 bits per heavy atom. The van der Waals surface area contributed by atoms with E-state index in [1.54, 1.807) is 18.2 Å². The number of amides is 3. The van der Waals surface area contributed by atoms with Gasteiger partial charge in [-0.25, -0.2) is 4.79 Å². The average molecular weight is 511 g/mol. The highest BCUT2D eigenvalue weighted by Gasteiger charge is 2.47. The molecule has 1 saturated heterocycles. The number of esters is 1. The van der Waals surface area contributed by atoms with Crippen LogP contribution in [0.1, 0.15) is 34.3 Å². The summed E-state index contributed by atoms with van der Waals surface area (Å²) in [7, 11) is 0. The summed E-state index contributed by atoms with van der Waals surface area (Å²) in [6.45, 7) is 3.39. The molecule has 1 aliphatic heterocycles. The predicted octanol–water partition coefficient (Wildman–Crippen LogP) is 4.32. The summed E-state index contributed by atoms with van der Waals surface area (Å²) in [5.74, 6) is -2.17. The van der Waals surface area contributed by atoms with Crippen LogP contribution < -0.4 is 10.2 Å². The summed E-state index contributed by atoms with van der Waals surface area (Å²) in [4.78, 5) is 51.2. The number of hydrogen-bond acceptors (Lipinski definition) is 5. The summed E-state index contributed by atoms with van der Waals surface area (Å²) in [5, 5.41) is 2.74. The predicted molar refractivity (Wildman–Crippen MR) is 127 cm³/mol. The van der Waals surface area contributed by atoms with E-state index in [1.165, 1.54) is 17.0 Å². The number of hydrogen-bond donors (Lipinski definition) is 1. The molecule has 2 aromatic rings. The molecule has 1 N–H and O–H groups in total. The van der Waals surface area contributed by atoms with Gasteiger partial charge < -0.3 is 10.1 Å². The summed E-state index contributed by atoms with van der Waals surface area (Å²) >= 11 is 3.45. The van der Waals surface area contributed by atoms with Crippen molar-refractivity contribution in [3.8, 4) is 0 Å².